The first-order valence-corrected chi connectivity index (χ1v) is 15.1. The van der Waals surface area contributed by atoms with E-state index in [0.29, 0.717) is 0 Å². The first-order chi connectivity index (χ1) is 15.3. The maximum atomic E-state index is 8.74. The van der Waals surface area contributed by atoms with Crippen molar-refractivity contribution in [3.05, 3.63) is 0 Å². The van der Waals surface area contributed by atoms with Gasteiger partial charge >= 0.3 is 10.4 Å². The Hall–Kier alpha value is -0.170. The third kappa shape index (κ3) is 40.2. The zero-order valence-corrected chi connectivity index (χ0v) is 22.6. The summed E-state index contributed by atoms with van der Waals surface area (Å²) in [5.41, 5.74) is 0. The summed E-state index contributed by atoms with van der Waals surface area (Å²) in [7, 11) is -2.40. The van der Waals surface area contributed by atoms with Gasteiger partial charge in [0, 0.05) is 0 Å². The molecule has 0 unspecified atom stereocenters. The second-order valence-corrected chi connectivity index (χ2v) is 10.4. The molecule has 0 spiro atoms. The molecule has 0 rings (SSSR count). The van der Waals surface area contributed by atoms with Crippen LogP contribution in [0.2, 0.25) is 0 Å². The molecular formula is C26H57NO4S. The van der Waals surface area contributed by atoms with Crippen LogP contribution in [0, 0.1) is 0 Å². The lowest BCUT2D eigenvalue weighted by atomic mass is 10.0. The third-order valence-corrected chi connectivity index (χ3v) is 6.00. The first kappa shape index (κ1) is 34.0. The molecule has 0 aromatic rings. The summed E-state index contributed by atoms with van der Waals surface area (Å²) in [5, 5.41) is 0. The highest BCUT2D eigenvalue weighted by Gasteiger charge is 1.97. The zero-order valence-electron chi connectivity index (χ0n) is 21.8. The van der Waals surface area contributed by atoms with Gasteiger partial charge in [-0.25, -0.2) is 0 Å². The van der Waals surface area contributed by atoms with Crippen molar-refractivity contribution >= 4 is 10.4 Å². The Morgan fingerprint density at radius 3 is 0.969 bits per heavy atom. The van der Waals surface area contributed by atoms with Crippen LogP contribution in [0.1, 0.15) is 149 Å². The molecule has 0 aliphatic heterocycles. The third-order valence-electron chi connectivity index (χ3n) is 6.00. The van der Waals surface area contributed by atoms with Crippen LogP contribution in [-0.4, -0.2) is 42.6 Å². The topological polar surface area (TPSA) is 77.8 Å². The highest BCUT2D eigenvalue weighted by molar-refractivity contribution is 7.79. The number of hydrogen-bond acceptors (Lipinski definition) is 3. The largest absolute Gasteiger partial charge is 0.394 e. The molecule has 2 N–H and O–H groups in total. The molecule has 0 aromatic carbocycles. The van der Waals surface area contributed by atoms with Gasteiger partial charge in [-0.2, -0.15) is 8.42 Å². The Kier molecular flexibility index (Phi) is 28.8. The molecule has 0 saturated carbocycles. The maximum Gasteiger partial charge on any atom is 0.394 e. The van der Waals surface area contributed by atoms with Crippen molar-refractivity contribution in [1.82, 2.24) is 4.90 Å². The van der Waals surface area contributed by atoms with Crippen molar-refractivity contribution in [2.24, 2.45) is 0 Å². The molecule has 0 heterocycles. The predicted molar refractivity (Wildman–Crippen MR) is 140 cm³/mol. The average Bonchev–Trinajstić information content (AvgIpc) is 2.71. The number of unbranched alkanes of at least 4 members (excludes halogenated alkanes) is 19. The van der Waals surface area contributed by atoms with Gasteiger partial charge in [-0.05, 0) is 33.0 Å². The highest BCUT2D eigenvalue weighted by Crippen LogP contribution is 2.14. The summed E-state index contributed by atoms with van der Waals surface area (Å²) in [6.45, 7) is 7.13. The average molecular weight is 480 g/mol. The standard InChI is InChI=1S/C26H55N.H2O4S/c1-4-6-7-8-9-10-11-12-13-14-15-16-17-18-19-20-21-22-23-24-26-27(3)25-5-2;1-5(2,3)4/h4-26H2,1-3H3;(H2,1,2,3,4). The fourth-order valence-electron chi connectivity index (χ4n) is 4.13. The molecule has 0 radical (unpaired) electrons. The normalized spacial score (nSPS) is 11.6. The second-order valence-electron chi connectivity index (χ2n) is 9.47. The lowest BCUT2D eigenvalue weighted by Crippen LogP contribution is -2.20. The molecule has 0 atom stereocenters. The lowest BCUT2D eigenvalue weighted by molar-refractivity contribution is 0.324. The van der Waals surface area contributed by atoms with Gasteiger partial charge in [0.2, 0.25) is 0 Å². The van der Waals surface area contributed by atoms with E-state index in [-0.39, 0.29) is 0 Å². The van der Waals surface area contributed by atoms with Crippen molar-refractivity contribution in [3.8, 4) is 0 Å². The van der Waals surface area contributed by atoms with Crippen molar-refractivity contribution in [3.63, 3.8) is 0 Å². The SMILES string of the molecule is CCCCCCCCCCCCCCCCCCCCCCN(C)CCC.O=S(=O)(O)O. The maximum absolute atomic E-state index is 8.74. The van der Waals surface area contributed by atoms with Crippen molar-refractivity contribution in [2.45, 2.75) is 149 Å². The van der Waals surface area contributed by atoms with Gasteiger partial charge < -0.3 is 4.90 Å². The van der Waals surface area contributed by atoms with Crippen LogP contribution in [-0.2, 0) is 10.4 Å². The molecule has 0 aromatic heterocycles. The smallest absolute Gasteiger partial charge is 0.306 e. The quantitative estimate of drug-likeness (QED) is 0.113. The predicted octanol–water partition coefficient (Wildman–Crippen LogP) is 8.50. The molecule has 6 heteroatoms. The van der Waals surface area contributed by atoms with Crippen LogP contribution in [0.3, 0.4) is 0 Å². The molecule has 0 amide bonds. The molecule has 32 heavy (non-hydrogen) atoms. The van der Waals surface area contributed by atoms with E-state index < -0.39 is 10.4 Å². The van der Waals surface area contributed by atoms with E-state index in [1.165, 1.54) is 148 Å². The minimum atomic E-state index is -4.67. The van der Waals surface area contributed by atoms with E-state index in [1.54, 1.807) is 0 Å². The van der Waals surface area contributed by atoms with Crippen LogP contribution in [0.25, 0.3) is 0 Å². The van der Waals surface area contributed by atoms with Gasteiger partial charge in [-0.3, -0.25) is 9.11 Å². The number of rotatable bonds is 23. The molecule has 0 saturated heterocycles. The Morgan fingerprint density at radius 2 is 0.719 bits per heavy atom. The zero-order chi connectivity index (χ0) is 24.3. The fraction of sp³-hybridized carbons (Fsp3) is 1.00. The van der Waals surface area contributed by atoms with Gasteiger partial charge in [-0.15, -0.1) is 0 Å². The van der Waals surface area contributed by atoms with Crippen LogP contribution < -0.4 is 0 Å². The van der Waals surface area contributed by atoms with Crippen molar-refractivity contribution in [1.29, 1.82) is 0 Å². The summed E-state index contributed by atoms with van der Waals surface area (Å²) < 4.78 is 31.6. The first-order valence-electron chi connectivity index (χ1n) is 13.7. The van der Waals surface area contributed by atoms with Crippen molar-refractivity contribution < 1.29 is 17.5 Å². The monoisotopic (exact) mass is 479 g/mol. The van der Waals surface area contributed by atoms with Gasteiger partial charge in [-0.1, -0.05) is 136 Å². The van der Waals surface area contributed by atoms with E-state index in [0.717, 1.165) is 0 Å². The minimum absolute atomic E-state index is 1.26. The Balaban J connectivity index is 0. The minimum Gasteiger partial charge on any atom is -0.306 e. The molecule has 0 aliphatic carbocycles. The summed E-state index contributed by atoms with van der Waals surface area (Å²) in [5.74, 6) is 0. The summed E-state index contributed by atoms with van der Waals surface area (Å²) >= 11 is 0. The van der Waals surface area contributed by atoms with E-state index in [2.05, 4.69) is 25.8 Å². The molecule has 5 nitrogen and oxygen atoms in total. The molecule has 0 fully saturated rings. The number of hydrogen-bond donors (Lipinski definition) is 2. The molecule has 196 valence electrons. The number of nitrogens with zero attached hydrogens (tertiary/aromatic N) is 1. The van der Waals surface area contributed by atoms with Crippen molar-refractivity contribution in [2.75, 3.05) is 20.1 Å². The molecule has 0 bridgehead atoms. The van der Waals surface area contributed by atoms with Crippen LogP contribution in [0.4, 0.5) is 0 Å². The Bertz CT molecular complexity index is 435. The Morgan fingerprint density at radius 1 is 0.469 bits per heavy atom. The van der Waals surface area contributed by atoms with E-state index >= 15 is 0 Å². The second kappa shape index (κ2) is 27.1. The van der Waals surface area contributed by atoms with E-state index in [4.69, 9.17) is 17.5 Å². The van der Waals surface area contributed by atoms with E-state index in [1.807, 2.05) is 0 Å². The fourth-order valence-corrected chi connectivity index (χ4v) is 4.13. The summed E-state index contributed by atoms with van der Waals surface area (Å²) in [6.07, 6.45) is 30.6. The van der Waals surface area contributed by atoms with Gasteiger partial charge in [0.15, 0.2) is 0 Å². The van der Waals surface area contributed by atoms with Crippen LogP contribution >= 0.6 is 0 Å². The van der Waals surface area contributed by atoms with Gasteiger partial charge in [0.25, 0.3) is 0 Å². The van der Waals surface area contributed by atoms with Gasteiger partial charge in [0.1, 0.15) is 0 Å². The Labute approximate surface area is 201 Å². The van der Waals surface area contributed by atoms with Crippen LogP contribution in [0.5, 0.6) is 0 Å². The van der Waals surface area contributed by atoms with E-state index in [9.17, 15) is 0 Å². The van der Waals surface area contributed by atoms with Crippen LogP contribution in [0.15, 0.2) is 0 Å². The molecular weight excluding hydrogens is 422 g/mol. The molecule has 0 aliphatic rings. The highest BCUT2D eigenvalue weighted by atomic mass is 32.3. The summed E-state index contributed by atoms with van der Waals surface area (Å²) in [6, 6.07) is 0. The summed E-state index contributed by atoms with van der Waals surface area (Å²) in [4.78, 5) is 2.48. The van der Waals surface area contributed by atoms with Gasteiger partial charge in [0.05, 0.1) is 0 Å². The lowest BCUT2D eigenvalue weighted by Gasteiger charge is -2.14.